The molecular weight excluding hydrogens is 294 g/mol. The molecular formula is C13H15N3O2S2. The van der Waals surface area contributed by atoms with Crippen LogP contribution in [0.5, 0.6) is 0 Å². The molecule has 5 nitrogen and oxygen atoms in total. The van der Waals surface area contributed by atoms with Gasteiger partial charge in [0.2, 0.25) is 0 Å². The van der Waals surface area contributed by atoms with Crippen LogP contribution in [0.4, 0.5) is 5.13 Å². The van der Waals surface area contributed by atoms with Crippen LogP contribution < -0.4 is 5.32 Å². The van der Waals surface area contributed by atoms with Crippen LogP contribution in [0.3, 0.4) is 0 Å². The number of nitrogens with zero attached hydrogens (tertiary/aromatic N) is 2. The zero-order valence-electron chi connectivity index (χ0n) is 11.7. The molecule has 2 heterocycles. The highest BCUT2D eigenvalue weighted by atomic mass is 32.1. The molecule has 0 saturated carbocycles. The molecule has 0 aromatic carbocycles. The van der Waals surface area contributed by atoms with Crippen LogP contribution in [0.15, 0.2) is 11.4 Å². The number of hydrogen-bond acceptors (Lipinski definition) is 5. The first-order valence-electron chi connectivity index (χ1n) is 5.94. The van der Waals surface area contributed by atoms with E-state index in [0.717, 1.165) is 5.56 Å². The van der Waals surface area contributed by atoms with Gasteiger partial charge >= 0.3 is 0 Å². The summed E-state index contributed by atoms with van der Waals surface area (Å²) in [6, 6.07) is 1.90. The number of rotatable bonds is 3. The molecule has 0 aliphatic heterocycles. The zero-order chi connectivity index (χ0) is 14.9. The topological polar surface area (TPSA) is 62.3 Å². The maximum absolute atomic E-state index is 12.1. The van der Waals surface area contributed by atoms with E-state index in [1.54, 1.807) is 21.0 Å². The molecule has 1 N–H and O–H groups in total. The van der Waals surface area contributed by atoms with Crippen molar-refractivity contribution in [2.45, 2.75) is 13.8 Å². The average Bonchev–Trinajstić information content (AvgIpc) is 2.94. The fourth-order valence-corrected chi connectivity index (χ4v) is 3.41. The van der Waals surface area contributed by atoms with Gasteiger partial charge in [-0.05, 0) is 30.9 Å². The molecule has 20 heavy (non-hydrogen) atoms. The second-order valence-electron chi connectivity index (χ2n) is 4.52. The monoisotopic (exact) mass is 309 g/mol. The molecule has 0 aliphatic rings. The number of aromatic nitrogens is 1. The summed E-state index contributed by atoms with van der Waals surface area (Å²) in [5.74, 6) is -0.289. The van der Waals surface area contributed by atoms with E-state index in [1.165, 1.54) is 27.6 Å². The van der Waals surface area contributed by atoms with Gasteiger partial charge in [-0.25, -0.2) is 4.98 Å². The SMILES string of the molecule is Cc1ccsc1C(=O)Nc1nc(C)c(C(=O)N(C)C)s1. The molecule has 2 amide bonds. The van der Waals surface area contributed by atoms with Gasteiger partial charge in [0, 0.05) is 14.1 Å². The van der Waals surface area contributed by atoms with Crippen molar-refractivity contribution in [3.8, 4) is 0 Å². The standard InChI is InChI=1S/C13H15N3O2S2/c1-7-5-6-19-9(7)11(17)15-13-14-8(2)10(20-13)12(18)16(3)4/h5-6H,1-4H3,(H,14,15,17). The van der Waals surface area contributed by atoms with Crippen LogP contribution in [0.25, 0.3) is 0 Å². The summed E-state index contributed by atoms with van der Waals surface area (Å²) < 4.78 is 0. The molecule has 7 heteroatoms. The summed E-state index contributed by atoms with van der Waals surface area (Å²) in [6.07, 6.45) is 0. The minimum absolute atomic E-state index is 0.104. The summed E-state index contributed by atoms with van der Waals surface area (Å²) >= 11 is 2.59. The third kappa shape index (κ3) is 2.88. The number of hydrogen-bond donors (Lipinski definition) is 1. The predicted molar refractivity (Wildman–Crippen MR) is 81.9 cm³/mol. The Bertz CT molecular complexity index is 658. The minimum Gasteiger partial charge on any atom is -0.344 e. The number of thiazole rings is 1. The van der Waals surface area contributed by atoms with E-state index in [-0.39, 0.29) is 11.8 Å². The van der Waals surface area contributed by atoms with E-state index >= 15 is 0 Å². The Morgan fingerprint density at radius 2 is 1.95 bits per heavy atom. The number of carbonyl (C=O) groups is 2. The van der Waals surface area contributed by atoms with E-state index in [1.807, 2.05) is 18.4 Å². The Hall–Kier alpha value is -1.73. The van der Waals surface area contributed by atoms with Crippen molar-refractivity contribution >= 4 is 39.6 Å². The average molecular weight is 309 g/mol. The molecule has 0 bridgehead atoms. The van der Waals surface area contributed by atoms with Gasteiger partial charge in [0.05, 0.1) is 10.6 Å². The Morgan fingerprint density at radius 1 is 1.25 bits per heavy atom. The quantitative estimate of drug-likeness (QED) is 0.948. The van der Waals surface area contributed by atoms with E-state index in [0.29, 0.717) is 20.6 Å². The number of thiophene rings is 1. The first kappa shape index (κ1) is 14.7. The van der Waals surface area contributed by atoms with Gasteiger partial charge in [0.15, 0.2) is 5.13 Å². The first-order chi connectivity index (χ1) is 9.40. The van der Waals surface area contributed by atoms with Gasteiger partial charge in [-0.15, -0.1) is 11.3 Å². The first-order valence-corrected chi connectivity index (χ1v) is 7.64. The highest BCUT2D eigenvalue weighted by Gasteiger charge is 2.19. The lowest BCUT2D eigenvalue weighted by Crippen LogP contribution is -2.21. The van der Waals surface area contributed by atoms with Gasteiger partial charge in [0.1, 0.15) is 4.88 Å². The van der Waals surface area contributed by atoms with E-state index in [9.17, 15) is 9.59 Å². The third-order valence-electron chi connectivity index (χ3n) is 2.69. The fraction of sp³-hybridized carbons (Fsp3) is 0.308. The summed E-state index contributed by atoms with van der Waals surface area (Å²) in [4.78, 5) is 31.0. The summed E-state index contributed by atoms with van der Waals surface area (Å²) in [6.45, 7) is 3.65. The number of nitrogens with one attached hydrogen (secondary N) is 1. The van der Waals surface area contributed by atoms with E-state index in [4.69, 9.17) is 0 Å². The van der Waals surface area contributed by atoms with Crippen molar-refractivity contribution in [1.82, 2.24) is 9.88 Å². The van der Waals surface area contributed by atoms with Crippen LogP contribution in [0.2, 0.25) is 0 Å². The van der Waals surface area contributed by atoms with Crippen molar-refractivity contribution in [3.05, 3.63) is 32.5 Å². The normalized spacial score (nSPS) is 10.4. The van der Waals surface area contributed by atoms with Crippen molar-refractivity contribution in [3.63, 3.8) is 0 Å². The molecule has 2 aromatic heterocycles. The Labute approximate surface area is 125 Å². The highest BCUT2D eigenvalue weighted by molar-refractivity contribution is 7.18. The van der Waals surface area contributed by atoms with Crippen LogP contribution >= 0.6 is 22.7 Å². The number of aryl methyl sites for hydroxylation is 2. The number of anilines is 1. The lowest BCUT2D eigenvalue weighted by atomic mass is 10.3. The number of amides is 2. The van der Waals surface area contributed by atoms with Crippen LogP contribution in [0, 0.1) is 13.8 Å². The molecule has 0 spiro atoms. The molecule has 2 rings (SSSR count). The second-order valence-corrected chi connectivity index (χ2v) is 6.44. The molecule has 106 valence electrons. The summed E-state index contributed by atoms with van der Waals surface area (Å²) in [5.41, 5.74) is 1.57. The summed E-state index contributed by atoms with van der Waals surface area (Å²) in [7, 11) is 3.38. The minimum atomic E-state index is -0.185. The fourth-order valence-electron chi connectivity index (χ4n) is 1.61. The zero-order valence-corrected chi connectivity index (χ0v) is 13.3. The molecule has 0 unspecified atom stereocenters. The molecule has 0 atom stereocenters. The van der Waals surface area contributed by atoms with Gasteiger partial charge < -0.3 is 4.90 Å². The van der Waals surface area contributed by atoms with Crippen LogP contribution in [0.1, 0.15) is 30.6 Å². The maximum atomic E-state index is 12.1. The highest BCUT2D eigenvalue weighted by Crippen LogP contribution is 2.25. The second kappa shape index (κ2) is 5.72. The van der Waals surface area contributed by atoms with Crippen molar-refractivity contribution in [2.24, 2.45) is 0 Å². The van der Waals surface area contributed by atoms with Gasteiger partial charge in [-0.3, -0.25) is 14.9 Å². The molecule has 0 saturated heterocycles. The third-order valence-corrected chi connectivity index (χ3v) is 4.76. The van der Waals surface area contributed by atoms with Gasteiger partial charge in [0.25, 0.3) is 11.8 Å². The molecule has 0 radical (unpaired) electrons. The largest absolute Gasteiger partial charge is 0.344 e. The molecule has 2 aromatic rings. The van der Waals surface area contributed by atoms with Crippen LogP contribution in [-0.4, -0.2) is 35.8 Å². The van der Waals surface area contributed by atoms with Crippen molar-refractivity contribution in [2.75, 3.05) is 19.4 Å². The van der Waals surface area contributed by atoms with Crippen molar-refractivity contribution in [1.29, 1.82) is 0 Å². The van der Waals surface area contributed by atoms with Gasteiger partial charge in [-0.1, -0.05) is 11.3 Å². The predicted octanol–water partition coefficient (Wildman–Crippen LogP) is 2.78. The lowest BCUT2D eigenvalue weighted by Gasteiger charge is -2.07. The van der Waals surface area contributed by atoms with Crippen LogP contribution in [-0.2, 0) is 0 Å². The number of carbonyl (C=O) groups excluding carboxylic acids is 2. The van der Waals surface area contributed by atoms with Crippen molar-refractivity contribution < 1.29 is 9.59 Å². The lowest BCUT2D eigenvalue weighted by molar-refractivity contribution is 0.0831. The smallest absolute Gasteiger partial charge is 0.267 e. The Morgan fingerprint density at radius 3 is 2.50 bits per heavy atom. The summed E-state index contributed by atoms with van der Waals surface area (Å²) in [5, 5.41) is 5.07. The van der Waals surface area contributed by atoms with E-state index in [2.05, 4.69) is 10.3 Å². The Kier molecular flexibility index (Phi) is 4.20. The van der Waals surface area contributed by atoms with Gasteiger partial charge in [-0.2, -0.15) is 0 Å². The molecule has 0 fully saturated rings. The van der Waals surface area contributed by atoms with E-state index < -0.39 is 0 Å². The molecule has 0 aliphatic carbocycles. The maximum Gasteiger partial charge on any atom is 0.267 e. The Balaban J connectivity index is 2.19.